The molecule has 0 radical (unpaired) electrons. The summed E-state index contributed by atoms with van der Waals surface area (Å²) in [4.78, 5) is 4.16. The second-order valence-corrected chi connectivity index (χ2v) is 2.71. The Kier molecular flexibility index (Phi) is 4.49. The van der Waals surface area contributed by atoms with Gasteiger partial charge in [0.1, 0.15) is 6.54 Å². The van der Waals surface area contributed by atoms with Gasteiger partial charge in [-0.3, -0.25) is 5.43 Å². The first-order chi connectivity index (χ1) is 6.86. The van der Waals surface area contributed by atoms with Crippen molar-refractivity contribution in [2.45, 2.75) is 19.9 Å². The lowest BCUT2D eigenvalue weighted by Gasteiger charge is -2.06. The third-order valence-corrected chi connectivity index (χ3v) is 1.56. The Hall–Kier alpha value is -1.56. The van der Waals surface area contributed by atoms with E-state index in [2.05, 4.69) is 27.8 Å². The Morgan fingerprint density at radius 3 is 3.14 bits per heavy atom. The minimum Gasteiger partial charge on any atom is -0.359 e. The van der Waals surface area contributed by atoms with Crippen molar-refractivity contribution in [1.29, 1.82) is 0 Å². The van der Waals surface area contributed by atoms with Crippen LogP contribution >= 0.6 is 0 Å². The molecule has 1 aromatic rings. The first kappa shape index (κ1) is 10.5. The van der Waals surface area contributed by atoms with Crippen molar-refractivity contribution in [2.75, 3.05) is 6.54 Å². The van der Waals surface area contributed by atoms with Gasteiger partial charge in [-0.05, 0) is 6.42 Å². The van der Waals surface area contributed by atoms with Gasteiger partial charge in [-0.1, -0.05) is 12.1 Å². The average molecular weight is 197 g/mol. The molecule has 1 aromatic heterocycles. The SMILES string of the molecule is CCCNC(=NCc1ccno1)NN. The molecule has 14 heavy (non-hydrogen) atoms. The Bertz CT molecular complexity index is 269. The molecule has 6 nitrogen and oxygen atoms in total. The lowest BCUT2D eigenvalue weighted by molar-refractivity contribution is 0.385. The van der Waals surface area contributed by atoms with Gasteiger partial charge in [0.2, 0.25) is 5.96 Å². The van der Waals surface area contributed by atoms with Gasteiger partial charge in [0.25, 0.3) is 0 Å². The number of hydrogen-bond donors (Lipinski definition) is 3. The molecule has 0 unspecified atom stereocenters. The average Bonchev–Trinajstić information content (AvgIpc) is 2.71. The number of nitrogens with zero attached hydrogens (tertiary/aromatic N) is 2. The van der Waals surface area contributed by atoms with Crippen LogP contribution in [0.5, 0.6) is 0 Å². The largest absolute Gasteiger partial charge is 0.359 e. The zero-order valence-electron chi connectivity index (χ0n) is 8.16. The molecule has 0 saturated heterocycles. The Balaban J connectivity index is 2.39. The van der Waals surface area contributed by atoms with Gasteiger partial charge in [0, 0.05) is 12.6 Å². The molecular formula is C8H15N5O. The number of rotatable bonds is 4. The third-order valence-electron chi connectivity index (χ3n) is 1.56. The minimum atomic E-state index is 0.427. The van der Waals surface area contributed by atoms with E-state index in [1.54, 1.807) is 12.3 Å². The molecule has 0 saturated carbocycles. The number of hydrogen-bond acceptors (Lipinski definition) is 4. The summed E-state index contributed by atoms with van der Waals surface area (Å²) in [5.41, 5.74) is 2.48. The quantitative estimate of drug-likeness (QED) is 0.273. The van der Waals surface area contributed by atoms with Crippen LogP contribution in [0, 0.1) is 0 Å². The van der Waals surface area contributed by atoms with Gasteiger partial charge >= 0.3 is 0 Å². The summed E-state index contributed by atoms with van der Waals surface area (Å²) in [6.07, 6.45) is 2.60. The molecule has 0 aromatic carbocycles. The van der Waals surface area contributed by atoms with E-state index in [-0.39, 0.29) is 0 Å². The zero-order chi connectivity index (χ0) is 10.2. The smallest absolute Gasteiger partial charge is 0.206 e. The van der Waals surface area contributed by atoms with Crippen molar-refractivity contribution in [3.05, 3.63) is 18.0 Å². The van der Waals surface area contributed by atoms with E-state index in [0.717, 1.165) is 13.0 Å². The van der Waals surface area contributed by atoms with E-state index < -0.39 is 0 Å². The second kappa shape index (κ2) is 5.98. The van der Waals surface area contributed by atoms with Gasteiger partial charge < -0.3 is 9.84 Å². The molecule has 0 amide bonds. The molecule has 1 rings (SSSR count). The predicted octanol–water partition coefficient (Wildman–Crippen LogP) is -0.00650. The molecule has 0 aliphatic carbocycles. The number of guanidine groups is 1. The van der Waals surface area contributed by atoms with Crippen LogP contribution in [0.3, 0.4) is 0 Å². The summed E-state index contributed by atoms with van der Waals surface area (Å²) in [6, 6.07) is 1.76. The highest BCUT2D eigenvalue weighted by Crippen LogP contribution is 1.97. The van der Waals surface area contributed by atoms with Gasteiger partial charge in [-0.25, -0.2) is 10.8 Å². The van der Waals surface area contributed by atoms with Crippen molar-refractivity contribution < 1.29 is 4.52 Å². The fourth-order valence-corrected chi connectivity index (χ4v) is 0.877. The third kappa shape index (κ3) is 3.44. The molecule has 0 atom stereocenters. The summed E-state index contributed by atoms with van der Waals surface area (Å²) in [7, 11) is 0. The molecule has 0 bridgehead atoms. The summed E-state index contributed by atoms with van der Waals surface area (Å²) in [6.45, 7) is 3.33. The second-order valence-electron chi connectivity index (χ2n) is 2.71. The van der Waals surface area contributed by atoms with Crippen molar-refractivity contribution in [2.24, 2.45) is 10.8 Å². The van der Waals surface area contributed by atoms with Gasteiger partial charge in [-0.15, -0.1) is 0 Å². The van der Waals surface area contributed by atoms with Gasteiger partial charge in [0.05, 0.1) is 6.20 Å². The monoisotopic (exact) mass is 197 g/mol. The van der Waals surface area contributed by atoms with Gasteiger partial charge in [0.15, 0.2) is 5.76 Å². The topological polar surface area (TPSA) is 88.5 Å². The van der Waals surface area contributed by atoms with Crippen molar-refractivity contribution in [3.63, 3.8) is 0 Å². The van der Waals surface area contributed by atoms with Crippen LogP contribution in [0.4, 0.5) is 0 Å². The summed E-state index contributed by atoms with van der Waals surface area (Å²) in [5, 5.41) is 6.61. The van der Waals surface area contributed by atoms with Crippen LogP contribution in [0.1, 0.15) is 19.1 Å². The normalized spacial score (nSPS) is 11.4. The lowest BCUT2D eigenvalue weighted by atomic mass is 10.5. The zero-order valence-corrected chi connectivity index (χ0v) is 8.16. The number of aromatic nitrogens is 1. The Morgan fingerprint density at radius 1 is 1.71 bits per heavy atom. The van der Waals surface area contributed by atoms with Crippen LogP contribution in [0.15, 0.2) is 21.8 Å². The maximum absolute atomic E-state index is 5.26. The number of nitrogens with two attached hydrogens (primary N) is 1. The van der Waals surface area contributed by atoms with E-state index in [1.165, 1.54) is 0 Å². The molecule has 0 spiro atoms. The van der Waals surface area contributed by atoms with E-state index in [0.29, 0.717) is 18.3 Å². The molecule has 6 heteroatoms. The van der Waals surface area contributed by atoms with Crippen molar-refractivity contribution in [1.82, 2.24) is 15.9 Å². The number of hydrazine groups is 1. The molecule has 1 heterocycles. The van der Waals surface area contributed by atoms with Crippen LogP contribution in [0.2, 0.25) is 0 Å². The van der Waals surface area contributed by atoms with Crippen molar-refractivity contribution in [3.8, 4) is 0 Å². The molecule has 0 aliphatic heterocycles. The summed E-state index contributed by atoms with van der Waals surface area (Å²) < 4.78 is 4.88. The van der Waals surface area contributed by atoms with Crippen LogP contribution in [-0.4, -0.2) is 17.7 Å². The fraction of sp³-hybridized carbons (Fsp3) is 0.500. The Labute approximate surface area is 82.5 Å². The minimum absolute atomic E-state index is 0.427. The molecular weight excluding hydrogens is 182 g/mol. The lowest BCUT2D eigenvalue weighted by Crippen LogP contribution is -2.41. The Morgan fingerprint density at radius 2 is 2.57 bits per heavy atom. The molecule has 0 fully saturated rings. The fourth-order valence-electron chi connectivity index (χ4n) is 0.877. The standard InChI is InChI=1S/C8H15N5O/c1-2-4-10-8(13-9)11-6-7-3-5-12-14-7/h3,5H,2,4,6,9H2,1H3,(H2,10,11,13). The van der Waals surface area contributed by atoms with Gasteiger partial charge in [-0.2, -0.15) is 0 Å². The van der Waals surface area contributed by atoms with Crippen LogP contribution < -0.4 is 16.6 Å². The highest BCUT2D eigenvalue weighted by atomic mass is 16.5. The van der Waals surface area contributed by atoms with Crippen molar-refractivity contribution >= 4 is 5.96 Å². The highest BCUT2D eigenvalue weighted by Gasteiger charge is 1.97. The van der Waals surface area contributed by atoms with Crippen LogP contribution in [0.25, 0.3) is 0 Å². The molecule has 4 N–H and O–H groups in total. The first-order valence-electron chi connectivity index (χ1n) is 4.51. The predicted molar refractivity (Wildman–Crippen MR) is 53.3 cm³/mol. The first-order valence-corrected chi connectivity index (χ1v) is 4.51. The summed E-state index contributed by atoms with van der Waals surface area (Å²) >= 11 is 0. The van der Waals surface area contributed by atoms with Crippen LogP contribution in [-0.2, 0) is 6.54 Å². The van der Waals surface area contributed by atoms with E-state index in [1.807, 2.05) is 0 Å². The maximum atomic E-state index is 5.26. The molecule has 0 aliphatic rings. The van der Waals surface area contributed by atoms with E-state index >= 15 is 0 Å². The number of nitrogens with one attached hydrogen (secondary N) is 2. The number of aliphatic imine (C=N–C) groups is 1. The highest BCUT2D eigenvalue weighted by molar-refractivity contribution is 5.79. The molecule has 78 valence electrons. The maximum Gasteiger partial charge on any atom is 0.206 e. The van der Waals surface area contributed by atoms with E-state index in [9.17, 15) is 0 Å². The van der Waals surface area contributed by atoms with E-state index in [4.69, 9.17) is 10.4 Å². The summed E-state index contributed by atoms with van der Waals surface area (Å²) in [5.74, 6) is 6.53.